The molecule has 0 atom stereocenters. The third kappa shape index (κ3) is 3.23. The summed E-state index contributed by atoms with van der Waals surface area (Å²) in [6, 6.07) is 1.96. The molecule has 1 radical (unpaired) electrons. The van der Waals surface area contributed by atoms with Crippen LogP contribution in [0.4, 0.5) is 0 Å². The van der Waals surface area contributed by atoms with Crippen LogP contribution >= 0.6 is 0 Å². The highest BCUT2D eigenvalue weighted by atomic mass is 14.2. The van der Waals surface area contributed by atoms with Crippen molar-refractivity contribution in [1.29, 1.82) is 5.26 Å². The van der Waals surface area contributed by atoms with Crippen LogP contribution in [0.3, 0.4) is 0 Å². The second-order valence-corrected chi connectivity index (χ2v) is 0.932. The molecule has 0 aliphatic carbocycles. The average molecular weight is 80.1 g/mol. The van der Waals surface area contributed by atoms with Gasteiger partial charge in [0.25, 0.3) is 0 Å². The van der Waals surface area contributed by atoms with E-state index in [1.54, 1.807) is 0 Å². The molecule has 0 amide bonds. The first-order chi connectivity index (χ1) is 2.91. The Morgan fingerprint density at radius 1 is 1.83 bits per heavy atom. The highest BCUT2D eigenvalue weighted by Gasteiger charge is 1.69. The first-order valence-corrected chi connectivity index (χ1v) is 1.82. The predicted molar refractivity (Wildman–Crippen MR) is 23.7 cm³/mol. The summed E-state index contributed by atoms with van der Waals surface area (Å²) in [5.74, 6) is 0. The lowest BCUT2D eigenvalue weighted by atomic mass is 10.3. The van der Waals surface area contributed by atoms with Gasteiger partial charge in [-0.3, -0.25) is 0 Å². The van der Waals surface area contributed by atoms with Gasteiger partial charge in [0.2, 0.25) is 0 Å². The molecule has 0 N–H and O–H groups in total. The zero-order chi connectivity index (χ0) is 4.83. The fourth-order valence-electron chi connectivity index (χ4n) is 0.148. The van der Waals surface area contributed by atoms with Crippen molar-refractivity contribution in [3.05, 3.63) is 12.7 Å². The van der Waals surface area contributed by atoms with Crippen LogP contribution in [0.15, 0.2) is 6.08 Å². The Kier molecular flexibility index (Phi) is 3.69. The first-order valence-electron chi connectivity index (χ1n) is 1.82. The molecule has 0 heterocycles. The maximum absolute atomic E-state index is 7.87. The number of rotatable bonds is 2. The Morgan fingerprint density at radius 2 is 2.50 bits per heavy atom. The third-order valence-electron chi connectivity index (χ3n) is 0.423. The van der Waals surface area contributed by atoms with Crippen molar-refractivity contribution in [2.45, 2.75) is 12.8 Å². The second kappa shape index (κ2) is 4.23. The van der Waals surface area contributed by atoms with E-state index < -0.39 is 0 Å². The van der Waals surface area contributed by atoms with E-state index in [4.69, 9.17) is 11.8 Å². The molecule has 0 aromatic heterocycles. The van der Waals surface area contributed by atoms with Crippen LogP contribution in [0.1, 0.15) is 12.8 Å². The van der Waals surface area contributed by atoms with E-state index in [2.05, 4.69) is 0 Å². The minimum atomic E-state index is 0.538. The van der Waals surface area contributed by atoms with Crippen LogP contribution in [0.2, 0.25) is 0 Å². The number of nitrogens with zero attached hydrogens (tertiary/aromatic N) is 1. The lowest BCUT2D eigenvalue weighted by Gasteiger charge is -1.70. The number of hydrogen-bond acceptors (Lipinski definition) is 1. The Bertz CT molecular complexity index is 68.5. The van der Waals surface area contributed by atoms with Crippen molar-refractivity contribution in [2.75, 3.05) is 0 Å². The molecular formula is C5H6N. The summed E-state index contributed by atoms with van der Waals surface area (Å²) in [5.41, 5.74) is 0. The highest BCUT2D eigenvalue weighted by molar-refractivity contribution is 4.74. The summed E-state index contributed by atoms with van der Waals surface area (Å²) in [6.07, 6.45) is 2.73. The number of unbranched alkanes of at least 4 members (excludes halogenated alkanes) is 1. The van der Waals surface area contributed by atoms with E-state index >= 15 is 0 Å². The molecule has 0 saturated carbocycles. The maximum atomic E-state index is 7.87. The molecule has 0 aliphatic rings. The van der Waals surface area contributed by atoms with Gasteiger partial charge in [-0.2, -0.15) is 5.26 Å². The minimum absolute atomic E-state index is 0.538. The van der Waals surface area contributed by atoms with Gasteiger partial charge in [0.05, 0.1) is 6.07 Å². The molecule has 0 aliphatic heterocycles. The van der Waals surface area contributed by atoms with Crippen molar-refractivity contribution in [3.63, 3.8) is 0 Å². The molecule has 31 valence electrons. The van der Waals surface area contributed by atoms with Gasteiger partial charge >= 0.3 is 0 Å². The fourth-order valence-corrected chi connectivity index (χ4v) is 0.148. The monoisotopic (exact) mass is 80.1 g/mol. The van der Waals surface area contributed by atoms with Gasteiger partial charge in [-0.25, -0.2) is 0 Å². The molecule has 0 aromatic rings. The van der Waals surface area contributed by atoms with E-state index in [1.807, 2.05) is 6.07 Å². The van der Waals surface area contributed by atoms with Gasteiger partial charge < -0.3 is 0 Å². The van der Waals surface area contributed by atoms with Gasteiger partial charge in [-0.15, -0.1) is 0 Å². The quantitative estimate of drug-likeness (QED) is 0.458. The zero-order valence-corrected chi connectivity index (χ0v) is 3.52. The van der Waals surface area contributed by atoms with Gasteiger partial charge in [0.15, 0.2) is 0 Å². The van der Waals surface area contributed by atoms with Crippen molar-refractivity contribution < 1.29 is 0 Å². The molecule has 0 saturated heterocycles. The van der Waals surface area contributed by atoms with Crippen LogP contribution in [0.25, 0.3) is 0 Å². The predicted octanol–water partition coefficient (Wildman–Crippen LogP) is 1.28. The fraction of sp³-hybridized carbons (Fsp3) is 0.400. The summed E-state index contributed by atoms with van der Waals surface area (Å²) in [6.45, 7) is 4.94. The Labute approximate surface area is 37.9 Å². The molecule has 0 fully saturated rings. The van der Waals surface area contributed by atoms with Gasteiger partial charge in [0.1, 0.15) is 0 Å². The van der Waals surface area contributed by atoms with Crippen LogP contribution < -0.4 is 0 Å². The molecular weight excluding hydrogens is 74.1 g/mol. The first kappa shape index (κ1) is 5.23. The largest absolute Gasteiger partial charge is 0.198 e. The van der Waals surface area contributed by atoms with Crippen LogP contribution in [0, 0.1) is 17.9 Å². The van der Waals surface area contributed by atoms with E-state index in [0.717, 1.165) is 0 Å². The van der Waals surface area contributed by atoms with Crippen molar-refractivity contribution in [3.8, 4) is 6.07 Å². The Morgan fingerprint density at radius 3 is 2.67 bits per heavy atom. The van der Waals surface area contributed by atoms with E-state index in [9.17, 15) is 0 Å². The molecule has 0 rings (SSSR count). The van der Waals surface area contributed by atoms with Crippen LogP contribution in [-0.4, -0.2) is 0 Å². The molecule has 1 heteroatoms. The van der Waals surface area contributed by atoms with Gasteiger partial charge in [-0.1, -0.05) is 12.7 Å². The van der Waals surface area contributed by atoms with Crippen LogP contribution in [0.5, 0.6) is 0 Å². The summed E-state index contributed by atoms with van der Waals surface area (Å²) < 4.78 is 0. The topological polar surface area (TPSA) is 23.8 Å². The smallest absolute Gasteiger partial charge is 0.0625 e. The van der Waals surface area contributed by atoms with Crippen molar-refractivity contribution >= 4 is 0 Å². The molecule has 1 nitrogen and oxygen atoms in total. The maximum Gasteiger partial charge on any atom is 0.0625 e. The Balaban J connectivity index is 2.72. The minimum Gasteiger partial charge on any atom is -0.198 e. The Hall–Kier alpha value is -0.770. The lowest BCUT2D eigenvalue weighted by molar-refractivity contribution is 1.06. The molecule has 0 bridgehead atoms. The van der Waals surface area contributed by atoms with E-state index in [-0.39, 0.29) is 0 Å². The summed E-state index contributed by atoms with van der Waals surface area (Å²) in [4.78, 5) is 0. The summed E-state index contributed by atoms with van der Waals surface area (Å²) >= 11 is 0. The molecule has 0 unspecified atom stereocenters. The van der Waals surface area contributed by atoms with Gasteiger partial charge in [-0.05, 0) is 6.42 Å². The van der Waals surface area contributed by atoms with Crippen LogP contribution in [-0.2, 0) is 0 Å². The molecule has 6 heavy (non-hydrogen) atoms. The lowest BCUT2D eigenvalue weighted by Crippen LogP contribution is -1.57. The summed E-state index contributed by atoms with van der Waals surface area (Å²) in [7, 11) is 0. The average Bonchev–Trinajstić information content (AvgIpc) is 1.61. The number of allylic oxidation sites excluding steroid dienone is 1. The number of nitriles is 1. The third-order valence-corrected chi connectivity index (χ3v) is 0.423. The van der Waals surface area contributed by atoms with E-state index in [1.165, 1.54) is 6.08 Å². The number of hydrogen-bond donors (Lipinski definition) is 0. The highest BCUT2D eigenvalue weighted by Crippen LogP contribution is 1.82. The van der Waals surface area contributed by atoms with Crippen molar-refractivity contribution in [1.82, 2.24) is 0 Å². The van der Waals surface area contributed by atoms with E-state index in [0.29, 0.717) is 12.8 Å². The molecule has 0 aromatic carbocycles. The van der Waals surface area contributed by atoms with Crippen molar-refractivity contribution in [2.24, 2.45) is 0 Å². The summed E-state index contributed by atoms with van der Waals surface area (Å²) in [5, 5.41) is 7.87. The zero-order valence-electron chi connectivity index (χ0n) is 3.52. The SMILES string of the molecule is [CH]=CCCC#N. The molecule has 0 spiro atoms. The standard InChI is InChI=1S/C5H6N/c1-2-3-4-5-6/h1-2H,3-4H2. The normalized spacial score (nSPS) is 6.50. The van der Waals surface area contributed by atoms with Gasteiger partial charge in [0, 0.05) is 6.42 Å². The second-order valence-electron chi connectivity index (χ2n) is 0.932.